The summed E-state index contributed by atoms with van der Waals surface area (Å²) in [6, 6.07) is -1.17. The number of aliphatic hydroxyl groups is 3. The van der Waals surface area contributed by atoms with Gasteiger partial charge in [-0.1, -0.05) is 77.6 Å². The molecule has 1 aliphatic rings. The van der Waals surface area contributed by atoms with Gasteiger partial charge in [-0.3, -0.25) is 14.4 Å². The van der Waals surface area contributed by atoms with Crippen LogP contribution in [0.3, 0.4) is 0 Å². The third-order valence-electron chi connectivity index (χ3n) is 7.91. The van der Waals surface area contributed by atoms with E-state index >= 15 is 0 Å². The summed E-state index contributed by atoms with van der Waals surface area (Å²) < 4.78 is 5.72. The second-order valence-electron chi connectivity index (χ2n) is 11.5. The van der Waals surface area contributed by atoms with Crippen LogP contribution in [0.1, 0.15) is 90.4 Å². The van der Waals surface area contributed by atoms with E-state index in [1.165, 1.54) is 70.4 Å². The fourth-order valence-corrected chi connectivity index (χ4v) is 5.30. The molecule has 1 aliphatic heterocycles. The molecule has 1 fully saturated rings. The number of hydrogen-bond acceptors (Lipinski definition) is 11. The van der Waals surface area contributed by atoms with Gasteiger partial charge in [0.2, 0.25) is 17.7 Å². The summed E-state index contributed by atoms with van der Waals surface area (Å²) in [5, 5.41) is 41.6. The highest BCUT2D eigenvalue weighted by Crippen LogP contribution is 2.24. The number of nitrogens with one attached hydrogen (secondary N) is 5. The number of imidazole rings is 1. The van der Waals surface area contributed by atoms with E-state index in [9.17, 15) is 29.7 Å². The standard InChI is InChI=1S/C30H50N8O7/c1-2-3-4-5-6-7-8-9-10-11-12-13-14-21(40)31-15-22(41)32-16-23(42)37-24-20(17-39)45-30(27(44)26(24)43)38-29-25-28(34-18-33-25)35-19-36-29/h18-20,24,26-27,30,39,43-44H,2-17H2,1H3,(H,31,40)(H,32,41)(H,37,42)(H2,33,34,35,36,38)/t20-,24-,26+,27-,30-/m0/s1. The van der Waals surface area contributed by atoms with Crippen LogP contribution in [0.5, 0.6) is 0 Å². The van der Waals surface area contributed by atoms with E-state index in [0.717, 1.165) is 19.3 Å². The predicted octanol–water partition coefficient (Wildman–Crippen LogP) is 1.01. The second-order valence-corrected chi connectivity index (χ2v) is 11.5. The lowest BCUT2D eigenvalue weighted by molar-refractivity contribution is -0.185. The molecule has 15 nitrogen and oxygen atoms in total. The van der Waals surface area contributed by atoms with Gasteiger partial charge in [-0.25, -0.2) is 15.0 Å². The van der Waals surface area contributed by atoms with Gasteiger partial charge in [0.25, 0.3) is 0 Å². The van der Waals surface area contributed by atoms with E-state index in [-0.39, 0.29) is 18.3 Å². The van der Waals surface area contributed by atoms with Crippen LogP contribution >= 0.6 is 0 Å². The number of carbonyl (C=O) groups is 3. The number of aromatic amines is 1. The van der Waals surface area contributed by atoms with Crippen LogP contribution < -0.4 is 21.3 Å². The average Bonchev–Trinajstić information content (AvgIpc) is 3.53. The van der Waals surface area contributed by atoms with Crippen LogP contribution in [0.25, 0.3) is 11.2 Å². The molecule has 0 unspecified atom stereocenters. The van der Waals surface area contributed by atoms with Crippen LogP contribution in [-0.2, 0) is 19.1 Å². The lowest BCUT2D eigenvalue weighted by Crippen LogP contribution is -2.66. The number of carbonyl (C=O) groups excluding carboxylic acids is 3. The first-order chi connectivity index (χ1) is 21.8. The van der Waals surface area contributed by atoms with Crippen LogP contribution in [0.4, 0.5) is 5.82 Å². The zero-order valence-corrected chi connectivity index (χ0v) is 26.2. The van der Waals surface area contributed by atoms with Gasteiger partial charge in [-0.15, -0.1) is 0 Å². The van der Waals surface area contributed by atoms with Crippen molar-refractivity contribution >= 4 is 34.7 Å². The fraction of sp³-hybridized carbons (Fsp3) is 0.733. The van der Waals surface area contributed by atoms with Crippen molar-refractivity contribution in [3.8, 4) is 0 Å². The van der Waals surface area contributed by atoms with Crippen molar-refractivity contribution in [2.75, 3.05) is 25.0 Å². The number of amides is 3. The molecule has 0 aliphatic carbocycles. The van der Waals surface area contributed by atoms with Crippen molar-refractivity contribution in [3.05, 3.63) is 12.7 Å². The molecule has 0 radical (unpaired) electrons. The smallest absolute Gasteiger partial charge is 0.239 e. The Morgan fingerprint density at radius 3 is 2.11 bits per heavy atom. The number of aliphatic hydroxyl groups excluding tert-OH is 3. The normalized spacial score (nSPS) is 21.4. The van der Waals surface area contributed by atoms with Crippen LogP contribution in [-0.4, -0.2) is 103 Å². The molecule has 5 atom stereocenters. The molecule has 0 bridgehead atoms. The molecular weight excluding hydrogens is 584 g/mol. The number of hydrogen-bond donors (Lipinski definition) is 8. The maximum absolute atomic E-state index is 12.5. The predicted molar refractivity (Wildman–Crippen MR) is 167 cm³/mol. The topological polar surface area (TPSA) is 224 Å². The molecular formula is C30H50N8O7. The Morgan fingerprint density at radius 2 is 1.44 bits per heavy atom. The second kappa shape index (κ2) is 19.9. The molecule has 3 rings (SSSR count). The van der Waals surface area contributed by atoms with Gasteiger partial charge in [0, 0.05) is 6.42 Å². The lowest BCUT2D eigenvalue weighted by atomic mass is 9.95. The van der Waals surface area contributed by atoms with Crippen LogP contribution in [0, 0.1) is 0 Å². The minimum Gasteiger partial charge on any atom is -0.394 e. The molecule has 45 heavy (non-hydrogen) atoms. The highest BCUT2D eigenvalue weighted by atomic mass is 16.5. The Morgan fingerprint density at radius 1 is 0.822 bits per heavy atom. The Bertz CT molecular complexity index is 1180. The summed E-state index contributed by atoms with van der Waals surface area (Å²) in [5.74, 6) is -1.18. The first kappa shape index (κ1) is 36.1. The zero-order valence-electron chi connectivity index (χ0n) is 26.2. The minimum atomic E-state index is -1.52. The van der Waals surface area contributed by atoms with Crippen molar-refractivity contribution in [3.63, 3.8) is 0 Å². The van der Waals surface area contributed by atoms with Crippen molar-refractivity contribution in [2.24, 2.45) is 0 Å². The lowest BCUT2D eigenvalue weighted by Gasteiger charge is -2.42. The monoisotopic (exact) mass is 634 g/mol. The number of rotatable bonds is 21. The number of ether oxygens (including phenoxy) is 1. The average molecular weight is 635 g/mol. The first-order valence-corrected chi connectivity index (χ1v) is 16.2. The Hall–Kier alpha value is -3.40. The molecule has 1 saturated heterocycles. The molecule has 3 amide bonds. The number of anilines is 1. The van der Waals surface area contributed by atoms with Gasteiger partial charge < -0.3 is 46.3 Å². The molecule has 8 N–H and O–H groups in total. The molecule has 3 heterocycles. The van der Waals surface area contributed by atoms with Crippen LogP contribution in [0.15, 0.2) is 12.7 Å². The molecule has 0 spiro atoms. The summed E-state index contributed by atoms with van der Waals surface area (Å²) in [6.45, 7) is 0.947. The summed E-state index contributed by atoms with van der Waals surface area (Å²) in [7, 11) is 0. The first-order valence-electron chi connectivity index (χ1n) is 16.2. The molecule has 0 aromatic carbocycles. The number of nitrogens with zero attached hydrogens (tertiary/aromatic N) is 3. The number of unbranched alkanes of at least 4 members (excludes halogenated alkanes) is 11. The van der Waals surface area contributed by atoms with Crippen molar-refractivity contribution in [1.82, 2.24) is 35.9 Å². The third-order valence-corrected chi connectivity index (χ3v) is 7.91. The summed E-state index contributed by atoms with van der Waals surface area (Å²) in [5.41, 5.74) is 0.832. The number of H-pyrrole nitrogens is 1. The van der Waals surface area contributed by atoms with E-state index in [0.29, 0.717) is 17.6 Å². The Kier molecular flexibility index (Phi) is 15.9. The van der Waals surface area contributed by atoms with Gasteiger partial charge in [0.15, 0.2) is 17.7 Å². The highest BCUT2D eigenvalue weighted by molar-refractivity contribution is 5.88. The van der Waals surface area contributed by atoms with E-state index in [1.807, 2.05) is 0 Å². The largest absolute Gasteiger partial charge is 0.394 e. The molecule has 2 aromatic rings. The van der Waals surface area contributed by atoms with Gasteiger partial charge >= 0.3 is 0 Å². The van der Waals surface area contributed by atoms with Gasteiger partial charge in [0.05, 0.1) is 32.1 Å². The van der Waals surface area contributed by atoms with Crippen molar-refractivity contribution in [2.45, 2.75) is 121 Å². The molecule has 0 saturated carbocycles. The molecule has 2 aromatic heterocycles. The summed E-state index contributed by atoms with van der Waals surface area (Å²) in [6.07, 6.45) is 12.2. The Balaban J connectivity index is 1.27. The fourth-order valence-electron chi connectivity index (χ4n) is 5.30. The summed E-state index contributed by atoms with van der Waals surface area (Å²) in [4.78, 5) is 51.7. The molecule has 252 valence electrons. The van der Waals surface area contributed by atoms with Gasteiger partial charge in [-0.05, 0) is 6.42 Å². The maximum Gasteiger partial charge on any atom is 0.239 e. The van der Waals surface area contributed by atoms with E-state index in [2.05, 4.69) is 48.1 Å². The Labute approximate surface area is 263 Å². The minimum absolute atomic E-state index is 0.220. The SMILES string of the molecule is CCCCCCCCCCCCCCC(=O)NCC(=O)NCC(=O)N[C@@H]1[C@@H](O)[C@H](O)[C@@H](Nc2ncnc3nc[nH]c23)O[C@H]1CO. The quantitative estimate of drug-likeness (QED) is 0.0905. The highest BCUT2D eigenvalue weighted by Gasteiger charge is 2.45. The zero-order chi connectivity index (χ0) is 32.4. The maximum atomic E-state index is 12.5. The van der Waals surface area contributed by atoms with E-state index in [4.69, 9.17) is 4.74 Å². The number of fused-ring (bicyclic) bond motifs is 1. The van der Waals surface area contributed by atoms with Gasteiger partial charge in [-0.2, -0.15) is 0 Å². The van der Waals surface area contributed by atoms with Crippen LogP contribution in [0.2, 0.25) is 0 Å². The van der Waals surface area contributed by atoms with Gasteiger partial charge in [0.1, 0.15) is 30.2 Å². The van der Waals surface area contributed by atoms with Crippen molar-refractivity contribution < 1.29 is 34.4 Å². The van der Waals surface area contributed by atoms with E-state index < -0.39 is 55.5 Å². The molecule has 15 heteroatoms. The third kappa shape index (κ3) is 12.1. The van der Waals surface area contributed by atoms with E-state index in [1.54, 1.807) is 0 Å². The summed E-state index contributed by atoms with van der Waals surface area (Å²) >= 11 is 0. The van der Waals surface area contributed by atoms with Crippen molar-refractivity contribution in [1.29, 1.82) is 0 Å². The number of aromatic nitrogens is 4.